The number of hydrogen-bond acceptors (Lipinski definition) is 3. The maximum Gasteiger partial charge on any atom is 0.224 e. The molecule has 0 rings (SSSR count). The molecule has 0 aromatic rings. The number of carbonyl (C=O) groups is 1. The number of hydrogen-bond donors (Lipinski definition) is 2. The summed E-state index contributed by atoms with van der Waals surface area (Å²) in [6.45, 7) is 2.82. The number of nitriles is 1. The summed E-state index contributed by atoms with van der Waals surface area (Å²) in [4.78, 5) is 11.2. The van der Waals surface area contributed by atoms with Crippen molar-refractivity contribution in [2.75, 3.05) is 13.1 Å². The highest BCUT2D eigenvalue weighted by atomic mass is 16.1. The van der Waals surface area contributed by atoms with Gasteiger partial charge in [-0.2, -0.15) is 5.26 Å². The van der Waals surface area contributed by atoms with Gasteiger partial charge >= 0.3 is 0 Å². The van der Waals surface area contributed by atoms with Crippen molar-refractivity contribution >= 4 is 5.91 Å². The molecule has 0 saturated heterocycles. The fourth-order valence-corrected chi connectivity index (χ4v) is 0.822. The second-order valence-electron chi connectivity index (χ2n) is 3.04. The van der Waals surface area contributed by atoms with Gasteiger partial charge < -0.3 is 11.1 Å². The number of nitrogens with zero attached hydrogens (tertiary/aromatic N) is 1. The van der Waals surface area contributed by atoms with Gasteiger partial charge in [-0.05, 0) is 12.8 Å². The van der Waals surface area contributed by atoms with Crippen LogP contribution in [-0.4, -0.2) is 19.0 Å². The second kappa shape index (κ2) is 7.56. The molecule has 74 valence electrons. The number of nitrogens with one attached hydrogen (secondary N) is 1. The van der Waals surface area contributed by atoms with Crippen LogP contribution in [0.1, 0.15) is 26.2 Å². The quantitative estimate of drug-likeness (QED) is 0.585. The second-order valence-corrected chi connectivity index (χ2v) is 3.04. The van der Waals surface area contributed by atoms with E-state index in [1.807, 2.05) is 0 Å². The minimum absolute atomic E-state index is 0.000502. The van der Waals surface area contributed by atoms with E-state index in [0.717, 1.165) is 12.8 Å². The first-order chi connectivity index (χ1) is 6.22. The normalized spacial score (nSPS) is 11.8. The van der Waals surface area contributed by atoms with Crippen molar-refractivity contribution in [3.8, 4) is 6.07 Å². The predicted molar refractivity (Wildman–Crippen MR) is 50.7 cm³/mol. The molecule has 0 aromatic heterocycles. The van der Waals surface area contributed by atoms with Crippen molar-refractivity contribution in [2.24, 2.45) is 11.7 Å². The smallest absolute Gasteiger partial charge is 0.224 e. The van der Waals surface area contributed by atoms with Crippen LogP contribution in [0.4, 0.5) is 0 Å². The molecule has 0 aliphatic rings. The van der Waals surface area contributed by atoms with Gasteiger partial charge in [0.15, 0.2) is 0 Å². The van der Waals surface area contributed by atoms with Crippen molar-refractivity contribution in [3.63, 3.8) is 0 Å². The summed E-state index contributed by atoms with van der Waals surface area (Å²) in [7, 11) is 0. The first-order valence-corrected chi connectivity index (χ1v) is 4.57. The Balaban J connectivity index is 3.33. The Morgan fingerprint density at radius 2 is 2.31 bits per heavy atom. The minimum atomic E-state index is -0.115. The lowest BCUT2D eigenvalue weighted by atomic mass is 10.1. The van der Waals surface area contributed by atoms with Crippen molar-refractivity contribution in [1.82, 2.24) is 5.32 Å². The van der Waals surface area contributed by atoms with Gasteiger partial charge in [-0.1, -0.05) is 6.92 Å². The Labute approximate surface area is 79.1 Å². The topological polar surface area (TPSA) is 78.9 Å². The minimum Gasteiger partial charge on any atom is -0.356 e. The van der Waals surface area contributed by atoms with Gasteiger partial charge in [0.2, 0.25) is 5.91 Å². The van der Waals surface area contributed by atoms with Crippen molar-refractivity contribution in [1.29, 1.82) is 5.26 Å². The summed E-state index contributed by atoms with van der Waals surface area (Å²) >= 11 is 0. The molecule has 0 radical (unpaired) electrons. The van der Waals surface area contributed by atoms with Crippen molar-refractivity contribution in [2.45, 2.75) is 26.2 Å². The molecule has 4 nitrogen and oxygen atoms in total. The average Bonchev–Trinajstić information content (AvgIpc) is 2.16. The highest BCUT2D eigenvalue weighted by Crippen LogP contribution is 1.94. The van der Waals surface area contributed by atoms with Gasteiger partial charge in [0.25, 0.3) is 0 Å². The first-order valence-electron chi connectivity index (χ1n) is 4.57. The van der Waals surface area contributed by atoms with Crippen LogP contribution < -0.4 is 11.1 Å². The molecule has 0 saturated carbocycles. The average molecular weight is 183 g/mol. The lowest BCUT2D eigenvalue weighted by Crippen LogP contribution is -2.33. The SMILES string of the molecule is CC(CN)C(=O)NCCCCC#N. The first kappa shape index (κ1) is 11.9. The monoisotopic (exact) mass is 183 g/mol. The molecule has 3 N–H and O–H groups in total. The van der Waals surface area contributed by atoms with Crippen LogP contribution in [0, 0.1) is 17.2 Å². The van der Waals surface area contributed by atoms with Crippen molar-refractivity contribution in [3.05, 3.63) is 0 Å². The predicted octanol–water partition coefficient (Wildman–Crippen LogP) is 0.391. The third-order valence-electron chi connectivity index (χ3n) is 1.82. The summed E-state index contributed by atoms with van der Waals surface area (Å²) in [6.07, 6.45) is 2.26. The zero-order valence-corrected chi connectivity index (χ0v) is 8.05. The molecule has 0 aliphatic heterocycles. The summed E-state index contributed by atoms with van der Waals surface area (Å²) in [5.41, 5.74) is 5.32. The van der Waals surface area contributed by atoms with Crippen LogP contribution in [0.3, 0.4) is 0 Å². The van der Waals surface area contributed by atoms with Gasteiger partial charge in [0.05, 0.1) is 6.07 Å². The lowest BCUT2D eigenvalue weighted by molar-refractivity contribution is -0.124. The molecule has 1 amide bonds. The van der Waals surface area contributed by atoms with E-state index in [-0.39, 0.29) is 11.8 Å². The Bertz CT molecular complexity index is 186. The molecular formula is C9H17N3O. The van der Waals surface area contributed by atoms with E-state index in [9.17, 15) is 4.79 Å². The van der Waals surface area contributed by atoms with E-state index >= 15 is 0 Å². The van der Waals surface area contributed by atoms with E-state index in [1.165, 1.54) is 0 Å². The molecule has 0 aliphatic carbocycles. The number of rotatable bonds is 6. The third-order valence-corrected chi connectivity index (χ3v) is 1.82. The van der Waals surface area contributed by atoms with E-state index in [0.29, 0.717) is 19.5 Å². The summed E-state index contributed by atoms with van der Waals surface area (Å²) in [6, 6.07) is 2.06. The highest BCUT2D eigenvalue weighted by Gasteiger charge is 2.08. The van der Waals surface area contributed by atoms with E-state index in [4.69, 9.17) is 11.0 Å². The van der Waals surface area contributed by atoms with Gasteiger partial charge in [-0.15, -0.1) is 0 Å². The van der Waals surface area contributed by atoms with Gasteiger partial charge in [-0.25, -0.2) is 0 Å². The van der Waals surface area contributed by atoms with Crippen LogP contribution in [0.5, 0.6) is 0 Å². The van der Waals surface area contributed by atoms with Crippen LogP contribution in [-0.2, 0) is 4.79 Å². The number of unbranched alkanes of at least 4 members (excludes halogenated alkanes) is 2. The number of carbonyl (C=O) groups excluding carboxylic acids is 1. The number of nitrogens with two attached hydrogens (primary N) is 1. The Kier molecular flexibility index (Phi) is 6.93. The molecule has 4 heteroatoms. The van der Waals surface area contributed by atoms with Crippen LogP contribution in [0.2, 0.25) is 0 Å². The summed E-state index contributed by atoms with van der Waals surface area (Å²) in [5.74, 6) is -0.115. The van der Waals surface area contributed by atoms with Crippen LogP contribution >= 0.6 is 0 Å². The molecule has 0 fully saturated rings. The third kappa shape index (κ3) is 6.12. The highest BCUT2D eigenvalue weighted by molar-refractivity contribution is 5.78. The summed E-state index contributed by atoms with van der Waals surface area (Å²) < 4.78 is 0. The van der Waals surface area contributed by atoms with Gasteiger partial charge in [0.1, 0.15) is 0 Å². The number of amides is 1. The van der Waals surface area contributed by atoms with E-state index in [2.05, 4.69) is 11.4 Å². The van der Waals surface area contributed by atoms with E-state index < -0.39 is 0 Å². The molecule has 0 aromatic carbocycles. The largest absolute Gasteiger partial charge is 0.356 e. The zero-order chi connectivity index (χ0) is 10.1. The molecule has 1 atom stereocenters. The molecule has 13 heavy (non-hydrogen) atoms. The van der Waals surface area contributed by atoms with Gasteiger partial charge in [-0.3, -0.25) is 4.79 Å². The lowest BCUT2D eigenvalue weighted by Gasteiger charge is -2.08. The molecule has 0 spiro atoms. The molecule has 1 unspecified atom stereocenters. The molecular weight excluding hydrogens is 166 g/mol. The van der Waals surface area contributed by atoms with Crippen LogP contribution in [0.15, 0.2) is 0 Å². The Morgan fingerprint density at radius 1 is 1.62 bits per heavy atom. The maximum absolute atomic E-state index is 11.2. The van der Waals surface area contributed by atoms with E-state index in [1.54, 1.807) is 6.92 Å². The fraction of sp³-hybridized carbons (Fsp3) is 0.778. The van der Waals surface area contributed by atoms with Gasteiger partial charge in [0, 0.05) is 25.4 Å². The Morgan fingerprint density at radius 3 is 2.85 bits per heavy atom. The summed E-state index contributed by atoms with van der Waals surface area (Å²) in [5, 5.41) is 11.0. The molecule has 0 bridgehead atoms. The van der Waals surface area contributed by atoms with Crippen molar-refractivity contribution < 1.29 is 4.79 Å². The van der Waals surface area contributed by atoms with Crippen LogP contribution in [0.25, 0.3) is 0 Å². The standard InChI is InChI=1S/C9H17N3O/c1-8(7-11)9(13)12-6-4-2-3-5-10/h8H,2-4,6-7,11H2,1H3,(H,12,13). The fourth-order valence-electron chi connectivity index (χ4n) is 0.822. The maximum atomic E-state index is 11.2. The molecule has 0 heterocycles. The Hall–Kier alpha value is -1.08. The zero-order valence-electron chi connectivity index (χ0n) is 8.05.